The van der Waals surface area contributed by atoms with Gasteiger partial charge in [-0.15, -0.1) is 0 Å². The Balaban J connectivity index is 2.70. The minimum atomic E-state index is -1.26. The van der Waals surface area contributed by atoms with Crippen molar-refractivity contribution in [1.29, 1.82) is 0 Å². The summed E-state index contributed by atoms with van der Waals surface area (Å²) < 4.78 is 0. The summed E-state index contributed by atoms with van der Waals surface area (Å²) in [6, 6.07) is 6.32. The van der Waals surface area contributed by atoms with Crippen molar-refractivity contribution in [3.63, 3.8) is 0 Å². The topological polar surface area (TPSA) is 86.6 Å². The number of amides is 1. The molecule has 5 heteroatoms. The number of nitrogens with one attached hydrogen (secondary N) is 1. The Bertz CT molecular complexity index is 458. The number of carboxylic acids is 1. The van der Waals surface area contributed by atoms with E-state index in [2.05, 4.69) is 5.32 Å². The van der Waals surface area contributed by atoms with Gasteiger partial charge in [-0.3, -0.25) is 4.79 Å². The lowest BCUT2D eigenvalue weighted by Crippen LogP contribution is -2.52. The summed E-state index contributed by atoms with van der Waals surface area (Å²) in [7, 11) is 0. The molecule has 0 aliphatic carbocycles. The highest BCUT2D eigenvalue weighted by Gasteiger charge is 2.32. The van der Waals surface area contributed by atoms with Crippen molar-refractivity contribution >= 4 is 11.9 Å². The van der Waals surface area contributed by atoms with Crippen molar-refractivity contribution in [3.8, 4) is 5.75 Å². The average Bonchev–Trinajstić information content (AvgIpc) is 2.28. The highest BCUT2D eigenvalue weighted by atomic mass is 16.4. The molecule has 3 N–H and O–H groups in total. The maximum absolute atomic E-state index is 11.7. The summed E-state index contributed by atoms with van der Waals surface area (Å²) in [4.78, 5) is 22.8. The van der Waals surface area contributed by atoms with Crippen LogP contribution in [-0.4, -0.2) is 27.6 Å². The molecule has 5 nitrogen and oxygen atoms in total. The van der Waals surface area contributed by atoms with Gasteiger partial charge in [0.2, 0.25) is 5.91 Å². The van der Waals surface area contributed by atoms with Gasteiger partial charge in [-0.25, -0.2) is 4.79 Å². The van der Waals surface area contributed by atoms with Crippen LogP contribution in [0.2, 0.25) is 0 Å². The SMILES string of the molecule is CCC(C)(NC(=O)Cc1cccc(O)c1)C(=O)O. The van der Waals surface area contributed by atoms with E-state index in [-0.39, 0.29) is 18.1 Å². The number of carboxylic acid groups (broad SMARTS) is 1. The Morgan fingerprint density at radius 3 is 2.56 bits per heavy atom. The largest absolute Gasteiger partial charge is 0.508 e. The van der Waals surface area contributed by atoms with E-state index >= 15 is 0 Å². The molecule has 0 saturated heterocycles. The second-order valence-electron chi connectivity index (χ2n) is 4.39. The molecule has 1 aromatic carbocycles. The van der Waals surface area contributed by atoms with Gasteiger partial charge in [0.05, 0.1) is 6.42 Å². The van der Waals surface area contributed by atoms with E-state index in [4.69, 9.17) is 5.11 Å². The van der Waals surface area contributed by atoms with Crippen molar-refractivity contribution in [2.45, 2.75) is 32.2 Å². The maximum atomic E-state index is 11.7. The number of hydrogen-bond acceptors (Lipinski definition) is 3. The van der Waals surface area contributed by atoms with Crippen LogP contribution in [0.1, 0.15) is 25.8 Å². The molecule has 0 bridgehead atoms. The van der Waals surface area contributed by atoms with Gasteiger partial charge >= 0.3 is 5.97 Å². The standard InChI is InChI=1S/C13H17NO4/c1-3-13(2,12(17)18)14-11(16)8-9-5-4-6-10(15)7-9/h4-7,15H,3,8H2,1-2H3,(H,14,16)(H,17,18). The van der Waals surface area contributed by atoms with E-state index in [1.54, 1.807) is 19.1 Å². The normalized spacial score (nSPS) is 13.7. The summed E-state index contributed by atoms with van der Waals surface area (Å²) in [6.07, 6.45) is 0.339. The second-order valence-corrected chi connectivity index (χ2v) is 4.39. The number of phenolic OH excluding ortho intramolecular Hbond substituents is 1. The van der Waals surface area contributed by atoms with Crippen LogP contribution in [0.15, 0.2) is 24.3 Å². The number of carbonyl (C=O) groups is 2. The van der Waals surface area contributed by atoms with Crippen molar-refractivity contribution in [1.82, 2.24) is 5.32 Å². The first-order chi connectivity index (χ1) is 8.37. The van der Waals surface area contributed by atoms with Gasteiger partial charge in [-0.1, -0.05) is 19.1 Å². The summed E-state index contributed by atoms with van der Waals surface area (Å²) in [5.41, 5.74) is -0.621. The molecular formula is C13H17NO4. The minimum absolute atomic E-state index is 0.0390. The Hall–Kier alpha value is -2.04. The van der Waals surface area contributed by atoms with Crippen LogP contribution in [0.5, 0.6) is 5.75 Å². The lowest BCUT2D eigenvalue weighted by atomic mass is 9.98. The van der Waals surface area contributed by atoms with Crippen LogP contribution in [0.25, 0.3) is 0 Å². The molecule has 0 radical (unpaired) electrons. The number of benzene rings is 1. The van der Waals surface area contributed by atoms with Gasteiger partial charge in [0, 0.05) is 0 Å². The quantitative estimate of drug-likeness (QED) is 0.736. The molecule has 0 fully saturated rings. The van der Waals surface area contributed by atoms with E-state index in [1.807, 2.05) is 0 Å². The number of rotatable bonds is 5. The van der Waals surface area contributed by atoms with Gasteiger partial charge in [-0.05, 0) is 31.0 Å². The highest BCUT2D eigenvalue weighted by Crippen LogP contribution is 2.13. The van der Waals surface area contributed by atoms with Crippen LogP contribution in [-0.2, 0) is 16.0 Å². The van der Waals surface area contributed by atoms with E-state index in [0.717, 1.165) is 0 Å². The molecule has 1 unspecified atom stereocenters. The first-order valence-corrected chi connectivity index (χ1v) is 5.69. The number of phenols is 1. The molecule has 1 atom stereocenters. The van der Waals surface area contributed by atoms with Gasteiger partial charge in [0.25, 0.3) is 0 Å². The predicted octanol–water partition coefficient (Wildman–Crippen LogP) is 1.30. The molecule has 0 aliphatic heterocycles. The molecule has 0 heterocycles. The molecular weight excluding hydrogens is 234 g/mol. The summed E-state index contributed by atoms with van der Waals surface area (Å²) in [6.45, 7) is 3.17. The summed E-state index contributed by atoms with van der Waals surface area (Å²) >= 11 is 0. The van der Waals surface area contributed by atoms with E-state index in [9.17, 15) is 14.7 Å². The smallest absolute Gasteiger partial charge is 0.329 e. The van der Waals surface area contributed by atoms with Gasteiger partial charge in [0.15, 0.2) is 0 Å². The van der Waals surface area contributed by atoms with Crippen molar-refractivity contribution in [2.75, 3.05) is 0 Å². The van der Waals surface area contributed by atoms with Gasteiger partial charge < -0.3 is 15.5 Å². The number of hydrogen-bond donors (Lipinski definition) is 3. The van der Waals surface area contributed by atoms with Crippen LogP contribution in [0, 0.1) is 0 Å². The van der Waals surface area contributed by atoms with E-state index in [1.165, 1.54) is 19.1 Å². The monoisotopic (exact) mass is 251 g/mol. The zero-order valence-electron chi connectivity index (χ0n) is 10.4. The zero-order chi connectivity index (χ0) is 13.8. The molecule has 1 aromatic rings. The maximum Gasteiger partial charge on any atom is 0.329 e. The number of aliphatic carboxylic acids is 1. The van der Waals surface area contributed by atoms with Gasteiger partial charge in [-0.2, -0.15) is 0 Å². The zero-order valence-corrected chi connectivity index (χ0v) is 10.4. The van der Waals surface area contributed by atoms with Crippen LogP contribution in [0.3, 0.4) is 0 Å². The third kappa shape index (κ3) is 3.48. The molecule has 0 saturated carbocycles. The fourth-order valence-electron chi connectivity index (χ4n) is 1.50. The number of carbonyl (C=O) groups excluding carboxylic acids is 1. The van der Waals surface area contributed by atoms with Crippen molar-refractivity contribution in [2.24, 2.45) is 0 Å². The van der Waals surface area contributed by atoms with Crippen molar-refractivity contribution < 1.29 is 19.8 Å². The third-order valence-corrected chi connectivity index (χ3v) is 2.87. The molecule has 0 spiro atoms. The Labute approximate surface area is 105 Å². The molecule has 98 valence electrons. The minimum Gasteiger partial charge on any atom is -0.508 e. The van der Waals surface area contributed by atoms with Crippen molar-refractivity contribution in [3.05, 3.63) is 29.8 Å². The highest BCUT2D eigenvalue weighted by molar-refractivity contribution is 5.87. The van der Waals surface area contributed by atoms with E-state index in [0.29, 0.717) is 12.0 Å². The molecule has 18 heavy (non-hydrogen) atoms. The summed E-state index contributed by atoms with van der Waals surface area (Å²) in [5.74, 6) is -1.36. The first kappa shape index (κ1) is 14.0. The molecule has 0 aliphatic rings. The molecule has 1 rings (SSSR count). The average molecular weight is 251 g/mol. The fourth-order valence-corrected chi connectivity index (χ4v) is 1.50. The Kier molecular flexibility index (Phi) is 4.31. The fraction of sp³-hybridized carbons (Fsp3) is 0.385. The van der Waals surface area contributed by atoms with Crippen LogP contribution >= 0.6 is 0 Å². The van der Waals surface area contributed by atoms with E-state index < -0.39 is 11.5 Å². The first-order valence-electron chi connectivity index (χ1n) is 5.69. The molecule has 0 aromatic heterocycles. The lowest BCUT2D eigenvalue weighted by molar-refractivity contribution is -0.146. The second kappa shape index (κ2) is 5.53. The molecule has 1 amide bonds. The Morgan fingerprint density at radius 2 is 2.06 bits per heavy atom. The van der Waals surface area contributed by atoms with Gasteiger partial charge in [0.1, 0.15) is 11.3 Å². The summed E-state index contributed by atoms with van der Waals surface area (Å²) in [5, 5.41) is 20.8. The Morgan fingerprint density at radius 1 is 1.39 bits per heavy atom. The van der Waals surface area contributed by atoms with Crippen LogP contribution < -0.4 is 5.32 Å². The lowest BCUT2D eigenvalue weighted by Gasteiger charge is -2.24. The van der Waals surface area contributed by atoms with Crippen LogP contribution in [0.4, 0.5) is 0 Å². The predicted molar refractivity (Wildman–Crippen MR) is 66.3 cm³/mol. The number of aromatic hydroxyl groups is 1. The third-order valence-electron chi connectivity index (χ3n) is 2.87.